The van der Waals surface area contributed by atoms with E-state index in [0.29, 0.717) is 24.3 Å². The minimum atomic E-state index is -0.935. The number of carboxylic acids is 1. The van der Waals surface area contributed by atoms with Crippen LogP contribution in [0.15, 0.2) is 48.5 Å². The maximum atomic E-state index is 13.1. The predicted molar refractivity (Wildman–Crippen MR) is 93.7 cm³/mol. The molecule has 0 fully saturated rings. The highest BCUT2D eigenvalue weighted by Crippen LogP contribution is 2.43. The van der Waals surface area contributed by atoms with E-state index in [0.717, 1.165) is 11.1 Å². The van der Waals surface area contributed by atoms with E-state index in [1.54, 1.807) is 36.3 Å². The molecule has 0 aliphatic carbocycles. The number of hydrogen-bond donors (Lipinski definition) is 1. The summed E-state index contributed by atoms with van der Waals surface area (Å²) in [5.74, 6) is -1.90. The van der Waals surface area contributed by atoms with Crippen molar-refractivity contribution in [1.82, 2.24) is 4.90 Å². The fourth-order valence-corrected chi connectivity index (χ4v) is 3.56. The third-order valence-corrected chi connectivity index (χ3v) is 4.75. The van der Waals surface area contributed by atoms with E-state index in [-0.39, 0.29) is 5.91 Å². The lowest BCUT2D eigenvalue weighted by Crippen LogP contribution is -2.46. The average molecular weight is 339 g/mol. The van der Waals surface area contributed by atoms with E-state index in [2.05, 4.69) is 0 Å². The minimum Gasteiger partial charge on any atom is -0.481 e. The summed E-state index contributed by atoms with van der Waals surface area (Å²) in [7, 11) is 1.57. The van der Waals surface area contributed by atoms with Gasteiger partial charge in [0, 0.05) is 19.2 Å². The third kappa shape index (κ3) is 3.03. The standard InChI is InChI=1S/C20H21NO4/c1-13-7-3-4-8-14(13)18-17(20(23)24)15-9-5-6-10-16(15)19(22)21(18)11-12-25-2/h3-10,17-18H,11-12H2,1-2H3,(H,23,24)/t17-,18+/m1/s1. The van der Waals surface area contributed by atoms with Crippen LogP contribution < -0.4 is 0 Å². The van der Waals surface area contributed by atoms with Crippen molar-refractivity contribution in [3.8, 4) is 0 Å². The lowest BCUT2D eigenvalue weighted by molar-refractivity contribution is -0.140. The number of aliphatic carboxylic acids is 1. The van der Waals surface area contributed by atoms with Gasteiger partial charge in [0.25, 0.3) is 5.91 Å². The SMILES string of the molecule is COCCN1C(=O)c2ccccc2[C@@H](C(=O)O)[C@@H]1c1ccccc1C. The van der Waals surface area contributed by atoms with Crippen LogP contribution in [-0.2, 0) is 9.53 Å². The van der Waals surface area contributed by atoms with Crippen molar-refractivity contribution in [3.05, 3.63) is 70.8 Å². The summed E-state index contributed by atoms with van der Waals surface area (Å²) in [4.78, 5) is 26.9. The van der Waals surface area contributed by atoms with Gasteiger partial charge in [0.15, 0.2) is 0 Å². The maximum absolute atomic E-state index is 13.1. The van der Waals surface area contributed by atoms with Gasteiger partial charge in [-0.05, 0) is 29.7 Å². The van der Waals surface area contributed by atoms with Crippen LogP contribution >= 0.6 is 0 Å². The van der Waals surface area contributed by atoms with Gasteiger partial charge in [-0.2, -0.15) is 0 Å². The summed E-state index contributed by atoms with van der Waals surface area (Å²) in [6.45, 7) is 2.63. The molecule has 5 heteroatoms. The van der Waals surface area contributed by atoms with Crippen LogP contribution in [-0.4, -0.2) is 42.1 Å². The Balaban J connectivity index is 2.21. The molecule has 1 aliphatic heterocycles. The van der Waals surface area contributed by atoms with E-state index < -0.39 is 17.9 Å². The fraction of sp³-hybridized carbons (Fsp3) is 0.300. The number of methoxy groups -OCH3 is 1. The monoisotopic (exact) mass is 339 g/mol. The molecule has 0 bridgehead atoms. The summed E-state index contributed by atoms with van der Waals surface area (Å²) in [5.41, 5.74) is 2.85. The van der Waals surface area contributed by atoms with Crippen molar-refractivity contribution in [3.63, 3.8) is 0 Å². The smallest absolute Gasteiger partial charge is 0.313 e. The number of nitrogens with zero attached hydrogens (tertiary/aromatic N) is 1. The fourth-order valence-electron chi connectivity index (χ4n) is 3.56. The van der Waals surface area contributed by atoms with Crippen LogP contribution in [0.1, 0.15) is 39.0 Å². The molecule has 5 nitrogen and oxygen atoms in total. The highest BCUT2D eigenvalue weighted by atomic mass is 16.5. The number of aryl methyl sites for hydroxylation is 1. The predicted octanol–water partition coefficient (Wildman–Crippen LogP) is 3.01. The molecule has 0 aromatic heterocycles. The molecular formula is C20H21NO4. The summed E-state index contributed by atoms with van der Waals surface area (Å²) in [6, 6.07) is 14.0. The molecule has 0 unspecified atom stereocenters. The van der Waals surface area contributed by atoms with E-state index in [4.69, 9.17) is 4.74 Å². The second kappa shape index (κ2) is 7.07. The van der Waals surface area contributed by atoms with Gasteiger partial charge in [0.2, 0.25) is 0 Å². The average Bonchev–Trinajstić information content (AvgIpc) is 2.61. The Morgan fingerprint density at radius 1 is 1.12 bits per heavy atom. The zero-order valence-corrected chi connectivity index (χ0v) is 14.3. The number of hydrogen-bond acceptors (Lipinski definition) is 3. The van der Waals surface area contributed by atoms with Gasteiger partial charge in [-0.15, -0.1) is 0 Å². The lowest BCUT2D eigenvalue weighted by atomic mass is 9.78. The number of ether oxygens (including phenoxy) is 1. The summed E-state index contributed by atoms with van der Waals surface area (Å²) >= 11 is 0. The summed E-state index contributed by atoms with van der Waals surface area (Å²) < 4.78 is 5.15. The number of carbonyl (C=O) groups is 2. The maximum Gasteiger partial charge on any atom is 0.313 e. The Labute approximate surface area is 146 Å². The molecule has 2 aromatic carbocycles. The van der Waals surface area contributed by atoms with Gasteiger partial charge >= 0.3 is 5.97 Å². The molecule has 0 saturated carbocycles. The highest BCUT2D eigenvalue weighted by Gasteiger charge is 2.44. The van der Waals surface area contributed by atoms with Crippen LogP contribution in [0.3, 0.4) is 0 Å². The number of carbonyl (C=O) groups excluding carboxylic acids is 1. The number of rotatable bonds is 5. The van der Waals surface area contributed by atoms with Crippen molar-refractivity contribution in [2.24, 2.45) is 0 Å². The molecule has 2 atom stereocenters. The third-order valence-electron chi connectivity index (χ3n) is 4.75. The van der Waals surface area contributed by atoms with Crippen molar-refractivity contribution < 1.29 is 19.4 Å². The number of carboxylic acid groups (broad SMARTS) is 1. The number of fused-ring (bicyclic) bond motifs is 1. The normalized spacial score (nSPS) is 19.6. The first-order valence-corrected chi connectivity index (χ1v) is 8.23. The Morgan fingerprint density at radius 2 is 1.76 bits per heavy atom. The first kappa shape index (κ1) is 17.2. The van der Waals surface area contributed by atoms with E-state index in [9.17, 15) is 14.7 Å². The summed E-state index contributed by atoms with van der Waals surface area (Å²) in [6.07, 6.45) is 0. The van der Waals surface area contributed by atoms with Crippen molar-refractivity contribution >= 4 is 11.9 Å². The molecule has 1 amide bonds. The van der Waals surface area contributed by atoms with Crippen LogP contribution in [0.4, 0.5) is 0 Å². The Morgan fingerprint density at radius 3 is 2.40 bits per heavy atom. The van der Waals surface area contributed by atoms with E-state index >= 15 is 0 Å². The minimum absolute atomic E-state index is 0.154. The van der Waals surface area contributed by atoms with Crippen LogP contribution in [0.5, 0.6) is 0 Å². The van der Waals surface area contributed by atoms with E-state index in [1.165, 1.54) is 0 Å². The largest absolute Gasteiger partial charge is 0.481 e. The van der Waals surface area contributed by atoms with Gasteiger partial charge < -0.3 is 14.7 Å². The second-order valence-corrected chi connectivity index (χ2v) is 6.20. The van der Waals surface area contributed by atoms with Crippen molar-refractivity contribution in [2.75, 3.05) is 20.3 Å². The molecule has 0 saturated heterocycles. The molecule has 1 N–H and O–H groups in total. The lowest BCUT2D eigenvalue weighted by Gasteiger charge is -2.41. The molecule has 130 valence electrons. The van der Waals surface area contributed by atoms with Crippen LogP contribution in [0.2, 0.25) is 0 Å². The van der Waals surface area contributed by atoms with Gasteiger partial charge in [0.05, 0.1) is 12.6 Å². The molecule has 0 spiro atoms. The topological polar surface area (TPSA) is 66.8 Å². The van der Waals surface area contributed by atoms with E-state index in [1.807, 2.05) is 31.2 Å². The van der Waals surface area contributed by atoms with Gasteiger partial charge in [-0.25, -0.2) is 0 Å². The molecule has 2 aromatic rings. The zero-order chi connectivity index (χ0) is 18.0. The molecule has 0 radical (unpaired) electrons. The van der Waals surface area contributed by atoms with Gasteiger partial charge in [0.1, 0.15) is 5.92 Å². The first-order valence-electron chi connectivity index (χ1n) is 8.23. The van der Waals surface area contributed by atoms with Crippen molar-refractivity contribution in [2.45, 2.75) is 18.9 Å². The Bertz CT molecular complexity index is 802. The van der Waals surface area contributed by atoms with Crippen LogP contribution in [0, 0.1) is 6.92 Å². The van der Waals surface area contributed by atoms with Crippen LogP contribution in [0.25, 0.3) is 0 Å². The molecular weight excluding hydrogens is 318 g/mol. The molecule has 1 heterocycles. The quantitative estimate of drug-likeness (QED) is 0.909. The van der Waals surface area contributed by atoms with Gasteiger partial charge in [-0.3, -0.25) is 9.59 Å². The summed E-state index contributed by atoms with van der Waals surface area (Å²) in [5, 5.41) is 9.97. The highest BCUT2D eigenvalue weighted by molar-refractivity contribution is 6.00. The Kier molecular flexibility index (Phi) is 4.86. The molecule has 25 heavy (non-hydrogen) atoms. The van der Waals surface area contributed by atoms with Crippen molar-refractivity contribution in [1.29, 1.82) is 0 Å². The first-order chi connectivity index (χ1) is 12.1. The number of benzene rings is 2. The molecule has 1 aliphatic rings. The Hall–Kier alpha value is -2.66. The number of amides is 1. The zero-order valence-electron chi connectivity index (χ0n) is 14.3. The molecule has 3 rings (SSSR count). The van der Waals surface area contributed by atoms with Gasteiger partial charge in [-0.1, -0.05) is 42.5 Å². The second-order valence-electron chi connectivity index (χ2n) is 6.20.